The van der Waals surface area contributed by atoms with Crippen LogP contribution >= 0.6 is 0 Å². The number of aromatic nitrogens is 3. The molecule has 0 bridgehead atoms. The molecule has 3 N–H and O–H groups in total. The monoisotopic (exact) mass is 613 g/mol. The zero-order chi connectivity index (χ0) is 30.6. The maximum absolute atomic E-state index is 15.6. The Labute approximate surface area is 246 Å². The predicted octanol–water partition coefficient (Wildman–Crippen LogP) is 2.32. The second-order valence-electron chi connectivity index (χ2n) is 11.2. The third-order valence-corrected chi connectivity index (χ3v) is 9.66. The van der Waals surface area contributed by atoms with E-state index in [9.17, 15) is 28.2 Å². The lowest BCUT2D eigenvalue weighted by Gasteiger charge is -2.37. The second kappa shape index (κ2) is 10.9. The van der Waals surface area contributed by atoms with E-state index < -0.39 is 44.5 Å². The van der Waals surface area contributed by atoms with Gasteiger partial charge in [0.2, 0.25) is 20.4 Å². The lowest BCUT2D eigenvalue weighted by atomic mass is 10.1. The first-order valence-corrected chi connectivity index (χ1v) is 15.6. The van der Waals surface area contributed by atoms with Gasteiger partial charge in [0.15, 0.2) is 11.6 Å². The Kier molecular flexibility index (Phi) is 7.39. The number of carboxylic acids is 1. The molecule has 228 valence electrons. The van der Waals surface area contributed by atoms with Crippen LogP contribution in [0.1, 0.15) is 34.8 Å². The molecule has 3 heterocycles. The molecular weight excluding hydrogens is 581 g/mol. The highest BCUT2D eigenvalue weighted by atomic mass is 32.2. The SMILES string of the molecule is COc1c(N2CCN(CC(O)CS(=O)(=O)c3nc4ccc(C)cc4[nH]3)CC2)c(F)cc2c(=O)c(C(=O)O)cn(C3CC3)c12. The number of fused-ring (bicyclic) bond motifs is 2. The van der Waals surface area contributed by atoms with Gasteiger partial charge in [-0.05, 0) is 43.5 Å². The fourth-order valence-electron chi connectivity index (χ4n) is 5.81. The number of ether oxygens (including phenoxy) is 1. The summed E-state index contributed by atoms with van der Waals surface area (Å²) < 4.78 is 48.9. The number of aryl methyl sites for hydroxylation is 1. The predicted molar refractivity (Wildman–Crippen MR) is 157 cm³/mol. The van der Waals surface area contributed by atoms with Crippen LogP contribution in [0.15, 0.2) is 40.4 Å². The van der Waals surface area contributed by atoms with Crippen LogP contribution in [0.25, 0.3) is 21.9 Å². The minimum atomic E-state index is -3.88. The third-order valence-electron chi connectivity index (χ3n) is 8.05. The number of halogens is 1. The Morgan fingerprint density at radius 3 is 2.58 bits per heavy atom. The number of carboxylic acid groups (broad SMARTS) is 1. The van der Waals surface area contributed by atoms with Gasteiger partial charge in [-0.25, -0.2) is 22.6 Å². The molecule has 1 aliphatic heterocycles. The molecule has 4 aromatic rings. The van der Waals surface area contributed by atoms with E-state index in [4.69, 9.17) is 4.74 Å². The molecule has 14 heteroatoms. The Hall–Kier alpha value is -4.01. The first-order valence-electron chi connectivity index (χ1n) is 14.0. The van der Waals surface area contributed by atoms with Gasteiger partial charge in [-0.1, -0.05) is 6.07 Å². The van der Waals surface area contributed by atoms with Crippen molar-refractivity contribution >= 4 is 43.4 Å². The molecule has 2 aromatic carbocycles. The number of nitrogens with one attached hydrogen (secondary N) is 1. The Balaban J connectivity index is 1.19. The third kappa shape index (κ3) is 5.45. The number of rotatable bonds is 9. The number of aliphatic hydroxyl groups is 1. The van der Waals surface area contributed by atoms with Crippen molar-refractivity contribution in [2.24, 2.45) is 0 Å². The molecule has 1 aliphatic carbocycles. The van der Waals surface area contributed by atoms with Crippen molar-refractivity contribution in [1.29, 1.82) is 0 Å². The number of aromatic carboxylic acids is 1. The van der Waals surface area contributed by atoms with E-state index in [0.29, 0.717) is 42.7 Å². The molecule has 0 spiro atoms. The minimum Gasteiger partial charge on any atom is -0.492 e. The van der Waals surface area contributed by atoms with Gasteiger partial charge >= 0.3 is 5.97 Å². The summed E-state index contributed by atoms with van der Waals surface area (Å²) in [6.45, 7) is 3.52. The molecule has 0 radical (unpaired) electrons. The number of aromatic amines is 1. The van der Waals surface area contributed by atoms with Crippen LogP contribution in [-0.4, -0.2) is 95.7 Å². The Bertz CT molecular complexity index is 1910. The number of benzene rings is 2. The molecular formula is C29H32FN5O7S. The number of H-pyrrole nitrogens is 1. The second-order valence-corrected chi connectivity index (χ2v) is 13.2. The number of pyridine rings is 1. The minimum absolute atomic E-state index is 0.00768. The van der Waals surface area contributed by atoms with Gasteiger partial charge in [-0.3, -0.25) is 9.69 Å². The van der Waals surface area contributed by atoms with Crippen LogP contribution in [0.5, 0.6) is 5.75 Å². The number of piperazine rings is 1. The molecule has 0 amide bonds. The number of imidazole rings is 1. The average molecular weight is 614 g/mol. The fourth-order valence-corrected chi connectivity index (χ4v) is 7.08. The highest BCUT2D eigenvalue weighted by Crippen LogP contribution is 2.43. The van der Waals surface area contributed by atoms with Crippen molar-refractivity contribution in [3.8, 4) is 5.75 Å². The van der Waals surface area contributed by atoms with Crippen LogP contribution < -0.4 is 15.1 Å². The first-order chi connectivity index (χ1) is 20.5. The average Bonchev–Trinajstić information content (AvgIpc) is 3.70. The number of anilines is 1. The van der Waals surface area contributed by atoms with Crippen molar-refractivity contribution in [2.75, 3.05) is 50.5 Å². The molecule has 2 aromatic heterocycles. The van der Waals surface area contributed by atoms with Gasteiger partial charge in [0, 0.05) is 45.0 Å². The summed E-state index contributed by atoms with van der Waals surface area (Å²) in [4.78, 5) is 35.4. The number of hydrogen-bond donors (Lipinski definition) is 3. The van der Waals surface area contributed by atoms with Crippen molar-refractivity contribution in [3.63, 3.8) is 0 Å². The fraction of sp³-hybridized carbons (Fsp3) is 0.414. The number of sulfone groups is 1. The van der Waals surface area contributed by atoms with Gasteiger partial charge in [0.25, 0.3) is 0 Å². The number of methoxy groups -OCH3 is 1. The van der Waals surface area contributed by atoms with E-state index >= 15 is 4.39 Å². The number of β-amino-alcohol motifs (C(OH)–C–C–N with tert-alkyl or cyclic N) is 1. The zero-order valence-corrected chi connectivity index (χ0v) is 24.5. The standard InChI is InChI=1S/C29H32FN5O7S/c1-16-3-6-22-23(11-16)32-29(31-22)43(40,41)15-18(36)13-33-7-9-34(10-8-33)25-21(30)12-19-24(27(25)42-2)35(17-4-5-17)14-20(26(19)37)28(38)39/h3,6,11-12,14,17-18,36H,4-5,7-10,13,15H2,1-2H3,(H,31,32)(H,38,39). The highest BCUT2D eigenvalue weighted by molar-refractivity contribution is 7.91. The number of carbonyl (C=O) groups is 1. The summed E-state index contributed by atoms with van der Waals surface area (Å²) in [6.07, 6.45) is 1.75. The van der Waals surface area contributed by atoms with E-state index in [2.05, 4.69) is 9.97 Å². The molecule has 43 heavy (non-hydrogen) atoms. The van der Waals surface area contributed by atoms with E-state index in [-0.39, 0.29) is 34.6 Å². The van der Waals surface area contributed by atoms with Crippen molar-refractivity contribution in [1.82, 2.24) is 19.4 Å². The van der Waals surface area contributed by atoms with E-state index in [0.717, 1.165) is 24.5 Å². The highest BCUT2D eigenvalue weighted by Gasteiger charge is 2.33. The van der Waals surface area contributed by atoms with Gasteiger partial charge < -0.3 is 29.4 Å². The summed E-state index contributed by atoms with van der Waals surface area (Å²) in [5, 5.41) is 20.0. The van der Waals surface area contributed by atoms with E-state index in [1.54, 1.807) is 15.5 Å². The topological polar surface area (TPSA) is 158 Å². The van der Waals surface area contributed by atoms with E-state index in [1.165, 1.54) is 13.3 Å². The normalized spacial score (nSPS) is 17.1. The molecule has 6 rings (SSSR count). The summed E-state index contributed by atoms with van der Waals surface area (Å²) >= 11 is 0. The summed E-state index contributed by atoms with van der Waals surface area (Å²) in [5.41, 5.74) is 1.45. The van der Waals surface area contributed by atoms with Crippen LogP contribution in [0.2, 0.25) is 0 Å². The van der Waals surface area contributed by atoms with Crippen molar-refractivity contribution < 1.29 is 32.6 Å². The molecule has 2 aliphatic rings. The quantitative estimate of drug-likeness (QED) is 0.256. The molecule has 1 unspecified atom stereocenters. The molecule has 1 saturated carbocycles. The van der Waals surface area contributed by atoms with Crippen molar-refractivity contribution in [3.05, 3.63) is 57.6 Å². The maximum Gasteiger partial charge on any atom is 0.341 e. The van der Waals surface area contributed by atoms with Gasteiger partial charge in [0.05, 0.1) is 40.9 Å². The smallest absolute Gasteiger partial charge is 0.341 e. The van der Waals surface area contributed by atoms with Gasteiger partial charge in [0.1, 0.15) is 11.3 Å². The largest absolute Gasteiger partial charge is 0.492 e. The van der Waals surface area contributed by atoms with Gasteiger partial charge in [-0.2, -0.15) is 0 Å². The van der Waals surface area contributed by atoms with Crippen molar-refractivity contribution in [2.45, 2.75) is 37.1 Å². The summed E-state index contributed by atoms with van der Waals surface area (Å²) in [6, 6.07) is 6.47. The lowest BCUT2D eigenvalue weighted by Crippen LogP contribution is -2.49. The Morgan fingerprint density at radius 1 is 1.21 bits per heavy atom. The molecule has 12 nitrogen and oxygen atoms in total. The first kappa shape index (κ1) is 29.1. The number of hydrogen-bond acceptors (Lipinski definition) is 9. The van der Waals surface area contributed by atoms with Crippen LogP contribution in [0.3, 0.4) is 0 Å². The van der Waals surface area contributed by atoms with Crippen LogP contribution in [-0.2, 0) is 9.84 Å². The molecule has 2 fully saturated rings. The number of nitrogens with zero attached hydrogens (tertiary/aromatic N) is 4. The molecule has 1 saturated heterocycles. The van der Waals surface area contributed by atoms with Gasteiger partial charge in [-0.15, -0.1) is 0 Å². The van der Waals surface area contributed by atoms with Crippen LogP contribution in [0, 0.1) is 12.7 Å². The Morgan fingerprint density at radius 2 is 1.93 bits per heavy atom. The maximum atomic E-state index is 15.6. The molecule has 1 atom stereocenters. The van der Waals surface area contributed by atoms with Crippen LogP contribution in [0.4, 0.5) is 10.1 Å². The summed E-state index contributed by atoms with van der Waals surface area (Å²) in [7, 11) is -2.49. The van der Waals surface area contributed by atoms with E-state index in [1.807, 2.05) is 24.0 Å². The summed E-state index contributed by atoms with van der Waals surface area (Å²) in [5.74, 6) is -2.41. The number of aliphatic hydroxyl groups excluding tert-OH is 1. The lowest BCUT2D eigenvalue weighted by molar-refractivity contribution is 0.0694. The zero-order valence-electron chi connectivity index (χ0n) is 23.7.